The molecule has 238 valence electrons. The first-order chi connectivity index (χ1) is 21.4. The molecule has 0 unspecified atom stereocenters. The first kappa shape index (κ1) is 32.0. The lowest BCUT2D eigenvalue weighted by Gasteiger charge is -2.34. The van der Waals surface area contributed by atoms with E-state index in [0.29, 0.717) is 67.4 Å². The number of aromatic amines is 1. The lowest BCUT2D eigenvalue weighted by molar-refractivity contribution is -0.136. The fourth-order valence-corrected chi connectivity index (χ4v) is 6.80. The maximum Gasteiger partial charge on any atom is 0.407 e. The van der Waals surface area contributed by atoms with Crippen molar-refractivity contribution in [3.8, 4) is 17.1 Å². The summed E-state index contributed by atoms with van der Waals surface area (Å²) in [5, 5.41) is 4.61. The Labute approximate surface area is 257 Å². The van der Waals surface area contributed by atoms with Gasteiger partial charge in [-0.1, -0.05) is 13.0 Å². The summed E-state index contributed by atoms with van der Waals surface area (Å²) in [6, 6.07) is 7.44. The zero-order valence-electron chi connectivity index (χ0n) is 24.9. The molecule has 0 bridgehead atoms. The molecule has 0 spiro atoms. The minimum Gasteiger partial charge on any atom is -0.493 e. The molecule has 1 fully saturated rings. The average molecular weight is 644 g/mol. The summed E-state index contributed by atoms with van der Waals surface area (Å²) in [4.78, 5) is 24.9. The number of rotatable bonds is 9. The number of aromatic nitrogens is 4. The van der Waals surface area contributed by atoms with Crippen molar-refractivity contribution in [1.29, 1.82) is 0 Å². The Hall–Kier alpha value is -4.42. The first-order valence-corrected chi connectivity index (χ1v) is 16.0. The van der Waals surface area contributed by atoms with Gasteiger partial charge in [0, 0.05) is 31.2 Å². The molecular weight excluding hydrogens is 611 g/mol. The van der Waals surface area contributed by atoms with E-state index in [1.165, 1.54) is 28.8 Å². The van der Waals surface area contributed by atoms with Crippen LogP contribution in [0.1, 0.15) is 50.2 Å². The smallest absolute Gasteiger partial charge is 0.407 e. The van der Waals surface area contributed by atoms with E-state index in [1.54, 1.807) is 18.7 Å². The van der Waals surface area contributed by atoms with Gasteiger partial charge >= 0.3 is 6.18 Å². The molecule has 0 atom stereocenters. The number of alkyl halides is 3. The lowest BCUT2D eigenvalue weighted by atomic mass is 10.0. The van der Waals surface area contributed by atoms with Crippen molar-refractivity contribution in [2.24, 2.45) is 0 Å². The molecule has 11 nitrogen and oxygen atoms in total. The number of benzene rings is 2. The van der Waals surface area contributed by atoms with Gasteiger partial charge in [0.25, 0.3) is 5.56 Å². The first-order valence-electron chi connectivity index (χ1n) is 14.5. The predicted octanol–water partition coefficient (Wildman–Crippen LogP) is 5.26. The van der Waals surface area contributed by atoms with Gasteiger partial charge in [-0.3, -0.25) is 4.79 Å². The highest BCUT2D eigenvalue weighted by Crippen LogP contribution is 2.39. The molecule has 3 heterocycles. The van der Waals surface area contributed by atoms with Crippen LogP contribution in [0.2, 0.25) is 0 Å². The number of hydrogen-bond donors (Lipinski definition) is 2. The van der Waals surface area contributed by atoms with Gasteiger partial charge in [0.05, 0.1) is 34.9 Å². The maximum atomic E-state index is 13.5. The minimum absolute atomic E-state index is 0.0636. The molecule has 5 rings (SSSR count). The third kappa shape index (κ3) is 6.52. The van der Waals surface area contributed by atoms with Gasteiger partial charge in [-0.25, -0.2) is 27.5 Å². The highest BCUT2D eigenvalue weighted by atomic mass is 32.2. The zero-order valence-corrected chi connectivity index (χ0v) is 25.7. The zero-order chi connectivity index (χ0) is 32.5. The molecule has 4 aromatic rings. The van der Waals surface area contributed by atoms with Crippen molar-refractivity contribution in [2.75, 3.05) is 24.6 Å². The van der Waals surface area contributed by atoms with E-state index >= 15 is 0 Å². The Bertz CT molecular complexity index is 1940. The molecule has 2 aromatic carbocycles. The summed E-state index contributed by atoms with van der Waals surface area (Å²) in [6.45, 7) is 13.4. The van der Waals surface area contributed by atoms with Crippen LogP contribution in [-0.4, -0.2) is 53.7 Å². The van der Waals surface area contributed by atoms with Crippen LogP contribution >= 0.6 is 0 Å². The number of ether oxygens (including phenoxy) is 1. The molecule has 2 aromatic heterocycles. The monoisotopic (exact) mass is 643 g/mol. The van der Waals surface area contributed by atoms with Crippen molar-refractivity contribution >= 4 is 26.9 Å². The number of aryl methyl sites for hydroxylation is 2. The summed E-state index contributed by atoms with van der Waals surface area (Å²) >= 11 is 0. The van der Waals surface area contributed by atoms with Crippen molar-refractivity contribution in [3.05, 3.63) is 75.3 Å². The van der Waals surface area contributed by atoms with Crippen LogP contribution in [0.5, 0.6) is 5.75 Å². The van der Waals surface area contributed by atoms with Crippen LogP contribution in [0.3, 0.4) is 0 Å². The Morgan fingerprint density at radius 1 is 1.16 bits per heavy atom. The molecular formula is C30H32F3N7O4S. The number of piperidine rings is 1. The third-order valence-corrected chi connectivity index (χ3v) is 9.14. The Balaban J connectivity index is 1.39. The van der Waals surface area contributed by atoms with Crippen LogP contribution in [0.4, 0.5) is 24.5 Å². The second-order valence-corrected chi connectivity index (χ2v) is 12.4. The van der Waals surface area contributed by atoms with Gasteiger partial charge < -0.3 is 14.6 Å². The average Bonchev–Trinajstić information content (AvgIpc) is 3.32. The van der Waals surface area contributed by atoms with E-state index < -0.39 is 39.1 Å². The fourth-order valence-electron chi connectivity index (χ4n) is 5.47. The molecule has 45 heavy (non-hydrogen) atoms. The number of imidazole rings is 1. The predicted molar refractivity (Wildman–Crippen MR) is 162 cm³/mol. The van der Waals surface area contributed by atoms with Crippen LogP contribution < -0.4 is 19.9 Å². The van der Waals surface area contributed by atoms with E-state index in [-0.39, 0.29) is 16.3 Å². The van der Waals surface area contributed by atoms with E-state index in [2.05, 4.69) is 24.6 Å². The van der Waals surface area contributed by atoms with Crippen molar-refractivity contribution in [2.45, 2.75) is 63.6 Å². The third-order valence-electron chi connectivity index (χ3n) is 7.62. The van der Waals surface area contributed by atoms with Crippen LogP contribution in [0.15, 0.2) is 46.1 Å². The number of anilines is 1. The Kier molecular flexibility index (Phi) is 8.90. The molecule has 0 aliphatic carbocycles. The summed E-state index contributed by atoms with van der Waals surface area (Å²) in [5.41, 5.74) is -0.427. The molecule has 1 aliphatic rings. The topological polar surface area (TPSA) is 126 Å². The number of halogens is 3. The van der Waals surface area contributed by atoms with Crippen LogP contribution in [0.25, 0.3) is 21.7 Å². The number of nitrogens with zero attached hydrogens (tertiary/aromatic N) is 5. The van der Waals surface area contributed by atoms with Gasteiger partial charge in [0.2, 0.25) is 10.0 Å². The maximum absolute atomic E-state index is 13.5. The highest BCUT2D eigenvalue weighted by molar-refractivity contribution is 7.89. The number of nitrogens with one attached hydrogen (secondary N) is 2. The highest BCUT2D eigenvalue weighted by Gasteiger charge is 2.34. The second-order valence-electron chi connectivity index (χ2n) is 10.7. The minimum atomic E-state index is -4.66. The van der Waals surface area contributed by atoms with E-state index in [0.717, 1.165) is 18.6 Å². The van der Waals surface area contributed by atoms with E-state index in [4.69, 9.17) is 11.3 Å². The summed E-state index contributed by atoms with van der Waals surface area (Å²) in [5.74, 6) is 1.08. The Morgan fingerprint density at radius 2 is 1.89 bits per heavy atom. The van der Waals surface area contributed by atoms with Gasteiger partial charge in [-0.15, -0.1) is 5.10 Å². The second kappa shape index (κ2) is 12.5. The summed E-state index contributed by atoms with van der Waals surface area (Å²) in [6.07, 6.45) is -2.59. The van der Waals surface area contributed by atoms with Gasteiger partial charge in [-0.2, -0.15) is 13.2 Å². The molecule has 0 saturated carbocycles. The lowest BCUT2D eigenvalue weighted by Crippen LogP contribution is -2.44. The number of sulfonamides is 1. The largest absolute Gasteiger partial charge is 0.493 e. The molecule has 1 saturated heterocycles. The Morgan fingerprint density at radius 3 is 2.53 bits per heavy atom. The molecule has 2 N–H and O–H groups in total. The molecule has 0 amide bonds. The number of hydrogen-bond acceptors (Lipinski definition) is 7. The van der Waals surface area contributed by atoms with E-state index in [9.17, 15) is 26.4 Å². The van der Waals surface area contributed by atoms with Gasteiger partial charge in [-0.05, 0) is 63.4 Å². The fraction of sp³-hybridized carbons (Fsp3) is 0.400. The van der Waals surface area contributed by atoms with E-state index in [1.807, 2.05) is 6.92 Å². The number of H-pyrrole nitrogens is 1. The standard InChI is InChI=1S/C30H32F3N7O4S/c1-5-7-26-35-18(3)27-29(41)36-28(37-40(26)27)22-17-21(9-11-25(22)44-6-2)45(42,43)38-19-12-14-39(15-13-19)20-8-10-24(34-4)23(16-20)30(31,32)33/h8-11,16-17,19,38H,5-7,12-15H2,1-3H3,(H,36,37,41). The molecule has 15 heteroatoms. The van der Waals surface area contributed by atoms with Gasteiger partial charge in [0.1, 0.15) is 11.6 Å². The van der Waals surface area contributed by atoms with Gasteiger partial charge in [0.15, 0.2) is 17.0 Å². The molecule has 0 radical (unpaired) electrons. The summed E-state index contributed by atoms with van der Waals surface area (Å²) < 4.78 is 77.4. The van der Waals surface area contributed by atoms with Crippen molar-refractivity contribution in [1.82, 2.24) is 24.3 Å². The normalized spacial score (nSPS) is 14.6. The number of fused-ring (bicyclic) bond motifs is 1. The quantitative estimate of drug-likeness (QED) is 0.238. The van der Waals surface area contributed by atoms with Crippen LogP contribution in [-0.2, 0) is 22.6 Å². The van der Waals surface area contributed by atoms with Crippen molar-refractivity contribution < 1.29 is 26.3 Å². The van der Waals surface area contributed by atoms with Crippen LogP contribution in [0, 0.1) is 13.5 Å². The molecule has 1 aliphatic heterocycles. The van der Waals surface area contributed by atoms with Crippen molar-refractivity contribution in [3.63, 3.8) is 0 Å². The summed E-state index contributed by atoms with van der Waals surface area (Å²) in [7, 11) is -4.05. The SMILES string of the molecule is [C-]#[N+]c1ccc(N2CCC(NS(=O)(=O)c3ccc(OCC)c(-c4nn5c(CCC)nc(C)c5c(=O)[nH]4)c3)CC2)cc1C(F)(F)F.